The molecule has 1 amide bonds. The Morgan fingerprint density at radius 3 is 2.88 bits per heavy atom. The molecule has 0 saturated heterocycles. The number of carbonyl (C=O) groups excluding carboxylic acids is 1. The summed E-state index contributed by atoms with van der Waals surface area (Å²) in [6.45, 7) is 5.65. The van der Waals surface area contributed by atoms with Crippen LogP contribution < -0.4 is 15.7 Å². The highest BCUT2D eigenvalue weighted by molar-refractivity contribution is 8.16. The average molecular weight is 381 g/mol. The molecule has 0 radical (unpaired) electrons. The molecule has 2 atom stereocenters. The van der Waals surface area contributed by atoms with Gasteiger partial charge in [0.2, 0.25) is 5.91 Å². The maximum Gasteiger partial charge on any atom is 0.339 e. The van der Waals surface area contributed by atoms with E-state index in [1.54, 1.807) is 13.0 Å². The quantitative estimate of drug-likeness (QED) is 0.425. The minimum absolute atomic E-state index is 0.262. The summed E-state index contributed by atoms with van der Waals surface area (Å²) in [7, 11) is 1.46. The molecule has 0 saturated carbocycles. The van der Waals surface area contributed by atoms with Crippen molar-refractivity contribution in [2.75, 3.05) is 12.9 Å². The number of amides is 1. The molecule has 0 spiro atoms. The molecule has 142 valence electrons. The fourth-order valence-corrected chi connectivity index (χ4v) is 3.49. The van der Waals surface area contributed by atoms with Gasteiger partial charge in [-0.25, -0.2) is 4.79 Å². The Balaban J connectivity index is 2.21. The van der Waals surface area contributed by atoms with Crippen molar-refractivity contribution in [3.05, 3.63) is 28.3 Å². The largest absolute Gasteiger partial charge is 0.496 e. The van der Waals surface area contributed by atoms with Gasteiger partial charge in [-0.15, -0.1) is 11.8 Å². The van der Waals surface area contributed by atoms with E-state index in [-0.39, 0.29) is 11.8 Å². The van der Waals surface area contributed by atoms with E-state index in [2.05, 4.69) is 15.5 Å². The van der Waals surface area contributed by atoms with Crippen molar-refractivity contribution in [3.8, 4) is 5.75 Å². The highest BCUT2D eigenvalue weighted by Crippen LogP contribution is 2.25. The van der Waals surface area contributed by atoms with E-state index in [1.165, 1.54) is 24.9 Å². The summed E-state index contributed by atoms with van der Waals surface area (Å²) < 4.78 is 10.4. The zero-order chi connectivity index (χ0) is 19.3. The third-order valence-corrected chi connectivity index (χ3v) is 4.94. The van der Waals surface area contributed by atoms with E-state index >= 15 is 0 Å². The first-order chi connectivity index (χ1) is 12.3. The van der Waals surface area contributed by atoms with Crippen LogP contribution in [-0.2, 0) is 4.79 Å². The van der Waals surface area contributed by atoms with Crippen molar-refractivity contribution >= 4 is 28.4 Å². The van der Waals surface area contributed by atoms with Crippen LogP contribution in [0.15, 0.2) is 31.5 Å². The molecule has 0 fully saturated rings. The van der Waals surface area contributed by atoms with E-state index in [4.69, 9.17) is 14.4 Å². The molecule has 1 aliphatic heterocycles. The maximum atomic E-state index is 12.6. The van der Waals surface area contributed by atoms with Crippen LogP contribution in [0.2, 0.25) is 0 Å². The predicted molar refractivity (Wildman–Crippen MR) is 100 cm³/mol. The van der Waals surface area contributed by atoms with Crippen molar-refractivity contribution in [1.82, 2.24) is 5.32 Å². The van der Waals surface area contributed by atoms with E-state index in [1.807, 2.05) is 13.8 Å². The van der Waals surface area contributed by atoms with Crippen LogP contribution >= 0.6 is 11.8 Å². The van der Waals surface area contributed by atoms with Gasteiger partial charge < -0.3 is 19.7 Å². The zero-order valence-electron chi connectivity index (χ0n) is 15.2. The third-order valence-electron chi connectivity index (χ3n) is 3.78. The van der Waals surface area contributed by atoms with Crippen LogP contribution in [0.1, 0.15) is 39.0 Å². The minimum Gasteiger partial charge on any atom is -0.496 e. The van der Waals surface area contributed by atoms with Crippen molar-refractivity contribution in [2.24, 2.45) is 16.1 Å². The van der Waals surface area contributed by atoms with E-state index in [0.717, 1.165) is 0 Å². The maximum absolute atomic E-state index is 12.6. The molecule has 1 aromatic rings. The summed E-state index contributed by atoms with van der Waals surface area (Å²) >= 11 is 1.36. The second-order valence-corrected chi connectivity index (χ2v) is 7.36. The van der Waals surface area contributed by atoms with Crippen molar-refractivity contribution in [3.63, 3.8) is 0 Å². The van der Waals surface area contributed by atoms with Gasteiger partial charge in [0.05, 0.1) is 19.2 Å². The van der Waals surface area contributed by atoms with E-state index in [0.29, 0.717) is 34.4 Å². The Labute approximate surface area is 155 Å². The Morgan fingerprint density at radius 2 is 2.27 bits per heavy atom. The molecule has 2 rings (SSSR count). The van der Waals surface area contributed by atoms with Crippen LogP contribution in [0.3, 0.4) is 0 Å². The summed E-state index contributed by atoms with van der Waals surface area (Å²) in [5, 5.41) is 15.4. The van der Waals surface area contributed by atoms with Crippen LogP contribution in [0.5, 0.6) is 5.75 Å². The number of hydrogen-bond acceptors (Lipinski definition) is 8. The topological polar surface area (TPSA) is 113 Å². The van der Waals surface area contributed by atoms with Crippen molar-refractivity contribution in [2.45, 2.75) is 39.3 Å². The number of aliphatic imine (C=N–C) groups is 1. The molecular weight excluding hydrogens is 358 g/mol. The monoisotopic (exact) mass is 381 g/mol. The van der Waals surface area contributed by atoms with Gasteiger partial charge >= 0.3 is 5.63 Å². The minimum atomic E-state index is -0.585. The van der Waals surface area contributed by atoms with Gasteiger partial charge in [-0.2, -0.15) is 0 Å². The number of thioether (sulfide) groups is 1. The number of oxime groups is 1. The number of ether oxygens (including phenoxy) is 1. The Morgan fingerprint density at radius 1 is 1.54 bits per heavy atom. The van der Waals surface area contributed by atoms with E-state index in [9.17, 15) is 9.59 Å². The molecule has 2 heterocycles. The second-order valence-electron chi connectivity index (χ2n) is 6.36. The lowest BCUT2D eigenvalue weighted by atomic mass is 10.0. The first-order valence-electron chi connectivity index (χ1n) is 8.23. The Hall–Kier alpha value is -2.29. The molecule has 2 N–H and O–H groups in total. The highest BCUT2D eigenvalue weighted by Gasteiger charge is 2.29. The molecule has 26 heavy (non-hydrogen) atoms. The SMILES string of the molecule is COc1cc(C(CC(C)C)NC(=O)C2CSC(/C(C)=N\O)=N2)oc(=O)c1. The van der Waals surface area contributed by atoms with Crippen LogP contribution in [-0.4, -0.2) is 40.8 Å². The van der Waals surface area contributed by atoms with Crippen LogP contribution in [0.25, 0.3) is 0 Å². The van der Waals surface area contributed by atoms with Crippen LogP contribution in [0, 0.1) is 5.92 Å². The normalized spacial score (nSPS) is 18.6. The smallest absolute Gasteiger partial charge is 0.339 e. The standard InChI is InChI=1S/C17H23N3O5S/c1-9(2)5-12(14-6-11(24-4)7-15(21)25-14)18-16(22)13-8-26-17(19-13)10(3)20-23/h6-7,9,12-13,23H,5,8H2,1-4H3,(H,18,22)/b20-10-. The second kappa shape index (κ2) is 8.88. The lowest BCUT2D eigenvalue weighted by molar-refractivity contribution is -0.122. The third kappa shape index (κ3) is 5.10. The summed E-state index contributed by atoms with van der Waals surface area (Å²) in [5.74, 6) is 1.18. The number of nitrogens with zero attached hydrogens (tertiary/aromatic N) is 2. The predicted octanol–water partition coefficient (Wildman–Crippen LogP) is 2.22. The first kappa shape index (κ1) is 20.0. The van der Waals surface area contributed by atoms with Gasteiger partial charge in [0.25, 0.3) is 0 Å². The zero-order valence-corrected chi connectivity index (χ0v) is 16.0. The van der Waals surface area contributed by atoms with Gasteiger partial charge in [-0.3, -0.25) is 9.79 Å². The molecule has 0 aromatic carbocycles. The van der Waals surface area contributed by atoms with Crippen molar-refractivity contribution in [1.29, 1.82) is 0 Å². The first-order valence-corrected chi connectivity index (χ1v) is 9.21. The highest BCUT2D eigenvalue weighted by atomic mass is 32.2. The molecular formula is C17H23N3O5S. The fraction of sp³-hybridized carbons (Fsp3) is 0.529. The summed E-state index contributed by atoms with van der Waals surface area (Å²) in [4.78, 5) is 28.6. The Bertz CT molecular complexity index is 772. The number of nitrogens with one attached hydrogen (secondary N) is 1. The molecule has 0 aliphatic carbocycles. The Kier molecular flexibility index (Phi) is 6.84. The molecule has 1 aliphatic rings. The lowest BCUT2D eigenvalue weighted by Gasteiger charge is -2.21. The molecule has 8 nitrogen and oxygen atoms in total. The fourth-order valence-electron chi connectivity index (χ4n) is 2.50. The molecule has 2 unspecified atom stereocenters. The van der Waals surface area contributed by atoms with Gasteiger partial charge in [0, 0.05) is 11.8 Å². The number of hydrogen-bond donors (Lipinski definition) is 2. The molecule has 1 aromatic heterocycles. The summed E-state index contributed by atoms with van der Waals surface area (Å²) in [6, 6.07) is 1.80. The van der Waals surface area contributed by atoms with Gasteiger partial charge in [0.1, 0.15) is 28.3 Å². The number of carbonyl (C=O) groups is 1. The summed E-state index contributed by atoms with van der Waals surface area (Å²) in [5.41, 5.74) is -0.156. The van der Waals surface area contributed by atoms with Crippen molar-refractivity contribution < 1.29 is 19.2 Å². The van der Waals surface area contributed by atoms with Crippen LogP contribution in [0.4, 0.5) is 0 Å². The number of rotatable bonds is 7. The lowest BCUT2D eigenvalue weighted by Crippen LogP contribution is -2.37. The van der Waals surface area contributed by atoms with E-state index < -0.39 is 17.7 Å². The number of methoxy groups -OCH3 is 1. The van der Waals surface area contributed by atoms with Gasteiger partial charge in [-0.1, -0.05) is 19.0 Å². The molecule has 9 heteroatoms. The van der Waals surface area contributed by atoms with Gasteiger partial charge in [-0.05, 0) is 19.3 Å². The summed E-state index contributed by atoms with van der Waals surface area (Å²) in [6.07, 6.45) is 0.593. The van der Waals surface area contributed by atoms with Gasteiger partial charge in [0.15, 0.2) is 0 Å². The average Bonchev–Trinajstić information content (AvgIpc) is 3.09. The molecule has 0 bridgehead atoms.